The lowest BCUT2D eigenvalue weighted by Crippen LogP contribution is -2.25. The van der Waals surface area contributed by atoms with Gasteiger partial charge in [0.1, 0.15) is 5.75 Å². The second-order valence-corrected chi connectivity index (χ2v) is 6.08. The number of nitrogens with zero attached hydrogens (tertiary/aromatic N) is 1. The lowest BCUT2D eigenvalue weighted by molar-refractivity contribution is -0.117. The summed E-state index contributed by atoms with van der Waals surface area (Å²) in [6.45, 7) is 0.689. The van der Waals surface area contributed by atoms with E-state index >= 15 is 0 Å². The number of ether oxygens (including phenoxy) is 1. The predicted octanol–water partition coefficient (Wildman–Crippen LogP) is 3.86. The second-order valence-electron chi connectivity index (χ2n) is 4.17. The van der Waals surface area contributed by atoms with Crippen LogP contribution in [0.4, 0.5) is 5.69 Å². The fourth-order valence-electron chi connectivity index (χ4n) is 2.00. The monoisotopic (exact) mass is 395 g/mol. The summed E-state index contributed by atoms with van der Waals surface area (Å²) in [5, 5.41) is 1.37. The average molecular weight is 397 g/mol. The molecule has 0 radical (unpaired) electrons. The molecule has 1 aromatic carbocycles. The van der Waals surface area contributed by atoms with Crippen LogP contribution < -0.4 is 9.64 Å². The molecule has 18 heavy (non-hydrogen) atoms. The van der Waals surface area contributed by atoms with E-state index in [1.807, 2.05) is 0 Å². The Labute approximate surface area is 128 Å². The molecule has 0 aromatic heterocycles. The van der Waals surface area contributed by atoms with Crippen molar-refractivity contribution in [1.82, 2.24) is 0 Å². The zero-order valence-electron chi connectivity index (χ0n) is 9.75. The highest BCUT2D eigenvalue weighted by atomic mass is 79.9. The van der Waals surface area contributed by atoms with Gasteiger partial charge in [0.15, 0.2) is 0 Å². The number of carbonyl (C=O) groups is 1. The molecule has 0 N–H and O–H groups in total. The quantitative estimate of drug-likeness (QED) is 0.725. The molecule has 1 amide bonds. The molecule has 98 valence electrons. The smallest absolute Gasteiger partial charge is 0.227 e. The van der Waals surface area contributed by atoms with Crippen LogP contribution in [-0.4, -0.2) is 24.9 Å². The molecule has 2 rings (SSSR count). The molecule has 1 atom stereocenters. The number of benzene rings is 1. The Morgan fingerprint density at radius 3 is 2.83 bits per heavy atom. The zero-order chi connectivity index (χ0) is 13.3. The molecule has 0 spiro atoms. The Balaban J connectivity index is 2.36. The summed E-state index contributed by atoms with van der Waals surface area (Å²) in [6, 6.07) is 3.55. The summed E-state index contributed by atoms with van der Waals surface area (Å²) in [7, 11) is 1.59. The van der Waals surface area contributed by atoms with Crippen molar-refractivity contribution in [2.75, 3.05) is 23.9 Å². The van der Waals surface area contributed by atoms with Gasteiger partial charge >= 0.3 is 0 Å². The summed E-state index contributed by atoms with van der Waals surface area (Å²) in [5.74, 6) is 1.11. The topological polar surface area (TPSA) is 29.5 Å². The van der Waals surface area contributed by atoms with Crippen molar-refractivity contribution in [3.05, 3.63) is 21.6 Å². The molecule has 1 fully saturated rings. The number of hydrogen-bond acceptors (Lipinski definition) is 2. The minimum absolute atomic E-state index is 0.103. The first-order valence-corrected chi connectivity index (χ1v) is 7.75. The number of rotatable bonds is 3. The minimum Gasteiger partial charge on any atom is -0.495 e. The van der Waals surface area contributed by atoms with E-state index in [2.05, 4.69) is 31.9 Å². The third-order valence-electron chi connectivity index (χ3n) is 2.94. The maximum absolute atomic E-state index is 12.0. The van der Waals surface area contributed by atoms with Crippen LogP contribution in [0.1, 0.15) is 6.42 Å². The molecule has 1 aliphatic heterocycles. The van der Waals surface area contributed by atoms with Crippen LogP contribution in [0.2, 0.25) is 5.02 Å². The predicted molar refractivity (Wildman–Crippen MR) is 80.0 cm³/mol. The Kier molecular flexibility index (Phi) is 4.56. The third-order valence-corrected chi connectivity index (χ3v) is 4.77. The van der Waals surface area contributed by atoms with Crippen LogP contribution in [0, 0.1) is 5.92 Å². The summed E-state index contributed by atoms with van der Waals surface area (Å²) in [4.78, 5) is 13.7. The molecular formula is C12H12Br2ClNO2. The molecule has 0 aliphatic carbocycles. The number of carbonyl (C=O) groups excluding carboxylic acids is 1. The van der Waals surface area contributed by atoms with E-state index in [1.165, 1.54) is 0 Å². The van der Waals surface area contributed by atoms with Gasteiger partial charge < -0.3 is 9.64 Å². The number of methoxy groups -OCH3 is 1. The highest BCUT2D eigenvalue weighted by molar-refractivity contribution is 9.10. The number of amides is 1. The molecule has 3 nitrogen and oxygen atoms in total. The van der Waals surface area contributed by atoms with E-state index in [0.717, 1.165) is 9.80 Å². The van der Waals surface area contributed by atoms with Crippen LogP contribution in [0.5, 0.6) is 5.75 Å². The SMILES string of the molecule is COc1cc(N2CC(CBr)CC2=O)c(Cl)cc1Br. The number of anilines is 1. The molecule has 6 heteroatoms. The molecule has 1 aliphatic rings. The van der Waals surface area contributed by atoms with Crippen molar-refractivity contribution in [1.29, 1.82) is 0 Å². The van der Waals surface area contributed by atoms with Gasteiger partial charge in [-0.05, 0) is 27.9 Å². The lowest BCUT2D eigenvalue weighted by Gasteiger charge is -2.19. The average Bonchev–Trinajstić information content (AvgIpc) is 2.71. The number of alkyl halides is 1. The van der Waals surface area contributed by atoms with Crippen LogP contribution in [0.15, 0.2) is 16.6 Å². The van der Waals surface area contributed by atoms with Crippen LogP contribution >= 0.6 is 43.5 Å². The molecule has 1 aromatic rings. The second kappa shape index (κ2) is 5.80. The zero-order valence-corrected chi connectivity index (χ0v) is 13.7. The summed E-state index contributed by atoms with van der Waals surface area (Å²) in [5.41, 5.74) is 0.713. The number of hydrogen-bond donors (Lipinski definition) is 0. The van der Waals surface area contributed by atoms with Crippen molar-refractivity contribution in [3.63, 3.8) is 0 Å². The maximum atomic E-state index is 12.0. The van der Waals surface area contributed by atoms with Crippen molar-refractivity contribution in [2.45, 2.75) is 6.42 Å². The first kappa shape index (κ1) is 14.2. The van der Waals surface area contributed by atoms with Gasteiger partial charge in [0.05, 0.1) is 22.3 Å². The standard InChI is InChI=1S/C12H12Br2ClNO2/c1-18-11-4-10(9(15)3-8(11)14)16-6-7(5-13)2-12(16)17/h3-4,7H,2,5-6H2,1H3. The third kappa shape index (κ3) is 2.68. The maximum Gasteiger partial charge on any atom is 0.227 e. The molecule has 0 saturated carbocycles. The Morgan fingerprint density at radius 2 is 2.28 bits per heavy atom. The Hall–Kier alpha value is -0.260. The van der Waals surface area contributed by atoms with Crippen LogP contribution in [-0.2, 0) is 4.79 Å². The van der Waals surface area contributed by atoms with E-state index in [1.54, 1.807) is 24.1 Å². The molecule has 0 bridgehead atoms. The largest absolute Gasteiger partial charge is 0.495 e. The first-order valence-electron chi connectivity index (χ1n) is 5.46. The number of halogens is 3. The van der Waals surface area contributed by atoms with Crippen molar-refractivity contribution >= 4 is 55.1 Å². The van der Waals surface area contributed by atoms with E-state index in [4.69, 9.17) is 16.3 Å². The van der Waals surface area contributed by atoms with E-state index < -0.39 is 0 Å². The van der Waals surface area contributed by atoms with Crippen LogP contribution in [0.3, 0.4) is 0 Å². The summed E-state index contributed by atoms with van der Waals surface area (Å²) in [6.07, 6.45) is 0.556. The Morgan fingerprint density at radius 1 is 1.56 bits per heavy atom. The Bertz CT molecular complexity index is 481. The van der Waals surface area contributed by atoms with Crippen molar-refractivity contribution in [3.8, 4) is 5.75 Å². The normalized spacial score (nSPS) is 19.4. The highest BCUT2D eigenvalue weighted by Gasteiger charge is 2.31. The van der Waals surface area contributed by atoms with Crippen LogP contribution in [0.25, 0.3) is 0 Å². The fraction of sp³-hybridized carbons (Fsp3) is 0.417. The molecule has 1 unspecified atom stereocenters. The fourth-order valence-corrected chi connectivity index (χ4v) is 3.34. The van der Waals surface area contributed by atoms with Gasteiger partial charge in [-0.25, -0.2) is 0 Å². The van der Waals surface area contributed by atoms with Crippen molar-refractivity contribution < 1.29 is 9.53 Å². The molecule has 1 heterocycles. The van der Waals surface area contributed by atoms with E-state index in [0.29, 0.717) is 35.3 Å². The summed E-state index contributed by atoms with van der Waals surface area (Å²) >= 11 is 13.0. The molecular weight excluding hydrogens is 385 g/mol. The highest BCUT2D eigenvalue weighted by Crippen LogP contribution is 2.38. The van der Waals surface area contributed by atoms with Crippen molar-refractivity contribution in [2.24, 2.45) is 5.92 Å². The van der Waals surface area contributed by atoms with Gasteiger partial charge in [0.2, 0.25) is 5.91 Å². The van der Waals surface area contributed by atoms with Gasteiger partial charge in [-0.2, -0.15) is 0 Å². The minimum atomic E-state index is 0.103. The lowest BCUT2D eigenvalue weighted by atomic mass is 10.2. The van der Waals surface area contributed by atoms with E-state index in [-0.39, 0.29) is 5.91 Å². The van der Waals surface area contributed by atoms with Gasteiger partial charge in [0, 0.05) is 24.4 Å². The van der Waals surface area contributed by atoms with Gasteiger partial charge in [-0.15, -0.1) is 0 Å². The van der Waals surface area contributed by atoms with Gasteiger partial charge in [-0.1, -0.05) is 27.5 Å². The van der Waals surface area contributed by atoms with Gasteiger partial charge in [-0.3, -0.25) is 4.79 Å². The summed E-state index contributed by atoms with van der Waals surface area (Å²) < 4.78 is 6.02. The first-order chi connectivity index (χ1) is 8.56. The molecule has 1 saturated heterocycles. The van der Waals surface area contributed by atoms with Gasteiger partial charge in [0.25, 0.3) is 0 Å². The van der Waals surface area contributed by atoms with E-state index in [9.17, 15) is 4.79 Å².